The lowest BCUT2D eigenvalue weighted by atomic mass is 9.98. The average molecular weight is 535 g/mol. The molecule has 0 aliphatic heterocycles. The van der Waals surface area contributed by atoms with Gasteiger partial charge < -0.3 is 25.0 Å². The molecule has 0 aromatic heterocycles. The van der Waals surface area contributed by atoms with Crippen LogP contribution in [0.2, 0.25) is 0 Å². The van der Waals surface area contributed by atoms with Crippen molar-refractivity contribution in [3.63, 3.8) is 0 Å². The summed E-state index contributed by atoms with van der Waals surface area (Å²) in [5.74, 6) is -6.75. The van der Waals surface area contributed by atoms with Gasteiger partial charge in [-0.15, -0.1) is 0 Å². The van der Waals surface area contributed by atoms with E-state index in [1.165, 1.54) is 20.8 Å². The monoisotopic (exact) mass is 534 g/mol. The molecule has 1 aliphatic carbocycles. The Hall–Kier alpha value is -3.86. The Morgan fingerprint density at radius 3 is 2.37 bits per heavy atom. The number of carbonyl (C=O) groups is 2. The number of ether oxygens (including phenoxy) is 2. The molecule has 0 bridgehead atoms. The minimum absolute atomic E-state index is 0.0784. The summed E-state index contributed by atoms with van der Waals surface area (Å²) < 4.78 is 55.6. The number of aliphatic imine (C=N–C) groups is 1. The predicted molar refractivity (Wildman–Crippen MR) is 133 cm³/mol. The van der Waals surface area contributed by atoms with Crippen molar-refractivity contribution in [1.82, 2.24) is 5.32 Å². The van der Waals surface area contributed by atoms with E-state index in [1.807, 2.05) is 0 Å². The van der Waals surface area contributed by atoms with Gasteiger partial charge in [0, 0.05) is 6.21 Å². The molecule has 0 unspecified atom stereocenters. The maximum absolute atomic E-state index is 15.2. The van der Waals surface area contributed by atoms with Crippen molar-refractivity contribution in [2.75, 3.05) is 13.2 Å². The summed E-state index contributed by atoms with van der Waals surface area (Å²) in [4.78, 5) is 28.7. The number of carbonyl (C=O) groups excluding carboxylic acids is 2. The number of rotatable bonds is 10. The van der Waals surface area contributed by atoms with Gasteiger partial charge in [-0.2, -0.15) is 0 Å². The van der Waals surface area contributed by atoms with E-state index in [1.54, 1.807) is 30.3 Å². The summed E-state index contributed by atoms with van der Waals surface area (Å²) >= 11 is 0. The summed E-state index contributed by atoms with van der Waals surface area (Å²) in [7, 11) is 0. The fourth-order valence-corrected chi connectivity index (χ4v) is 3.57. The number of halogens is 3. The van der Waals surface area contributed by atoms with Crippen LogP contribution in [0, 0.1) is 17.5 Å². The van der Waals surface area contributed by atoms with Crippen LogP contribution in [0.15, 0.2) is 47.0 Å². The molecule has 1 amide bonds. The smallest absolute Gasteiger partial charge is 0.408 e. The lowest BCUT2D eigenvalue weighted by molar-refractivity contribution is -0.137. The van der Waals surface area contributed by atoms with Crippen LogP contribution in [0.3, 0.4) is 0 Å². The number of amides is 1. The molecule has 0 radical (unpaired) electrons. The van der Waals surface area contributed by atoms with E-state index in [2.05, 4.69) is 10.3 Å². The number of nitrogens with zero attached hydrogens (tertiary/aromatic N) is 1. The van der Waals surface area contributed by atoms with E-state index < -0.39 is 69.7 Å². The van der Waals surface area contributed by atoms with Crippen molar-refractivity contribution in [3.8, 4) is 0 Å². The molecule has 1 aliphatic rings. The van der Waals surface area contributed by atoms with Gasteiger partial charge in [0.05, 0.1) is 35.4 Å². The Kier molecular flexibility index (Phi) is 8.82. The minimum atomic E-state index is -1.64. The molecule has 3 N–H and O–H groups in total. The number of benzene rings is 2. The quantitative estimate of drug-likeness (QED) is 0.134. The molecular weight excluding hydrogens is 505 g/mol. The minimum Gasteiger partial charge on any atom is -0.506 e. The maximum atomic E-state index is 15.2. The summed E-state index contributed by atoms with van der Waals surface area (Å²) in [5, 5.41) is 22.5. The van der Waals surface area contributed by atoms with Gasteiger partial charge in [-0.3, -0.25) is 4.99 Å². The molecule has 8 nitrogen and oxygen atoms in total. The first kappa shape index (κ1) is 28.7. The van der Waals surface area contributed by atoms with E-state index in [4.69, 9.17) is 9.47 Å². The fourth-order valence-electron chi connectivity index (χ4n) is 3.57. The zero-order valence-corrected chi connectivity index (χ0v) is 21.2. The fraction of sp³-hybridized carbons (Fsp3) is 0.370. The molecule has 204 valence electrons. The van der Waals surface area contributed by atoms with Gasteiger partial charge in [-0.05, 0) is 45.2 Å². The van der Waals surface area contributed by atoms with Gasteiger partial charge in [0.25, 0.3) is 0 Å². The first-order chi connectivity index (χ1) is 17.9. The van der Waals surface area contributed by atoms with Crippen molar-refractivity contribution in [1.29, 1.82) is 0 Å². The topological polar surface area (TPSA) is 117 Å². The number of aliphatic hydroxyl groups excluding tert-OH is 2. The van der Waals surface area contributed by atoms with Crippen LogP contribution in [0.4, 0.5) is 18.0 Å². The van der Waals surface area contributed by atoms with E-state index >= 15 is 13.2 Å². The molecule has 0 spiro atoms. The van der Waals surface area contributed by atoms with Crippen LogP contribution in [0.1, 0.15) is 50.3 Å². The van der Waals surface area contributed by atoms with Crippen LogP contribution in [0.25, 0.3) is 5.76 Å². The molecule has 0 atom stereocenters. The van der Waals surface area contributed by atoms with Gasteiger partial charge in [0.15, 0.2) is 11.6 Å². The van der Waals surface area contributed by atoms with Gasteiger partial charge >= 0.3 is 12.1 Å². The van der Waals surface area contributed by atoms with Crippen LogP contribution in [-0.4, -0.2) is 47.2 Å². The number of aliphatic hydroxyl groups is 2. The second-order valence-electron chi connectivity index (χ2n) is 9.39. The van der Waals surface area contributed by atoms with Crippen molar-refractivity contribution >= 4 is 24.0 Å². The van der Waals surface area contributed by atoms with Crippen molar-refractivity contribution in [3.05, 3.63) is 76.1 Å². The van der Waals surface area contributed by atoms with E-state index in [0.29, 0.717) is 11.6 Å². The third-order valence-electron chi connectivity index (χ3n) is 5.88. The van der Waals surface area contributed by atoms with Crippen molar-refractivity contribution in [2.24, 2.45) is 4.99 Å². The first-order valence-corrected chi connectivity index (χ1v) is 11.9. The summed E-state index contributed by atoms with van der Waals surface area (Å²) in [5.41, 5.74) is -4.24. The van der Waals surface area contributed by atoms with E-state index in [0.717, 1.165) is 6.21 Å². The third kappa shape index (κ3) is 6.52. The van der Waals surface area contributed by atoms with Crippen LogP contribution in [-0.2, 0) is 26.4 Å². The Bertz CT molecular complexity index is 1260. The molecular formula is C27H29F3N2O6. The highest BCUT2D eigenvalue weighted by molar-refractivity contribution is 6.15. The summed E-state index contributed by atoms with van der Waals surface area (Å²) in [6.45, 7) is 3.92. The molecule has 0 heterocycles. The van der Waals surface area contributed by atoms with Gasteiger partial charge in [0.2, 0.25) is 0 Å². The Morgan fingerprint density at radius 1 is 1.13 bits per heavy atom. The molecule has 0 saturated heterocycles. The predicted octanol–water partition coefficient (Wildman–Crippen LogP) is 4.69. The van der Waals surface area contributed by atoms with E-state index in [9.17, 15) is 19.8 Å². The molecule has 38 heavy (non-hydrogen) atoms. The lowest BCUT2D eigenvalue weighted by Gasteiger charge is -2.21. The number of alkyl carbamates (subject to hydrolysis) is 1. The highest BCUT2D eigenvalue weighted by Gasteiger charge is 2.51. The van der Waals surface area contributed by atoms with Gasteiger partial charge in [-0.25, -0.2) is 22.8 Å². The number of hydrogen-bond donors (Lipinski definition) is 3. The largest absolute Gasteiger partial charge is 0.506 e. The Labute approximate surface area is 217 Å². The Morgan fingerprint density at radius 2 is 1.79 bits per heavy atom. The van der Waals surface area contributed by atoms with Crippen molar-refractivity contribution in [2.45, 2.75) is 51.3 Å². The average Bonchev–Trinajstić information content (AvgIpc) is 3.65. The van der Waals surface area contributed by atoms with Crippen LogP contribution in [0.5, 0.6) is 0 Å². The molecule has 1 saturated carbocycles. The SMILES string of the molecule is CCOC(=O)/C(C=NC(C)(C)CO)=C(\O)c1cc(F)c(C2(NC(=O)OCc3ccccc3)CC2)c(F)c1F. The van der Waals surface area contributed by atoms with Crippen LogP contribution < -0.4 is 5.32 Å². The molecule has 2 aromatic rings. The Balaban J connectivity index is 1.94. The third-order valence-corrected chi connectivity index (χ3v) is 5.88. The second kappa shape index (κ2) is 11.7. The molecule has 2 aromatic carbocycles. The highest BCUT2D eigenvalue weighted by Crippen LogP contribution is 2.48. The maximum Gasteiger partial charge on any atom is 0.408 e. The molecule has 11 heteroatoms. The van der Waals surface area contributed by atoms with Crippen molar-refractivity contribution < 1.29 is 42.4 Å². The molecule has 3 rings (SSSR count). The number of nitrogens with one attached hydrogen (secondary N) is 1. The number of hydrogen-bond acceptors (Lipinski definition) is 7. The summed E-state index contributed by atoms with van der Waals surface area (Å²) in [6.07, 6.45) is 0.154. The van der Waals surface area contributed by atoms with Crippen LogP contribution >= 0.6 is 0 Å². The zero-order valence-electron chi connectivity index (χ0n) is 21.2. The molecule has 1 fully saturated rings. The number of esters is 1. The highest BCUT2D eigenvalue weighted by atomic mass is 19.2. The zero-order chi connectivity index (χ0) is 28.1. The standard InChI is InChI=1S/C27H29F3N2O6/c1-4-37-24(35)18(13-31-26(2,3)15-33)23(34)17-12-19(28)20(22(30)21(17)29)27(10-11-27)32-25(36)38-14-16-8-6-5-7-9-16/h5-9,12-13,33-34H,4,10-11,14-15H2,1-3H3,(H,32,36)/b23-18-,31-13?. The van der Waals surface area contributed by atoms with Gasteiger partial charge in [-0.1, -0.05) is 30.3 Å². The normalized spacial score (nSPS) is 15.1. The summed E-state index contributed by atoms with van der Waals surface area (Å²) in [6, 6.07) is 9.29. The van der Waals surface area contributed by atoms with Gasteiger partial charge in [0.1, 0.15) is 23.8 Å². The van der Waals surface area contributed by atoms with E-state index in [-0.39, 0.29) is 26.1 Å². The lowest BCUT2D eigenvalue weighted by Crippen LogP contribution is -2.37. The first-order valence-electron chi connectivity index (χ1n) is 11.9. The second-order valence-corrected chi connectivity index (χ2v) is 9.39.